The Balaban J connectivity index is 2.04. The quantitative estimate of drug-likeness (QED) is 0.437. The lowest BCUT2D eigenvalue weighted by Gasteiger charge is -2.49. The van der Waals surface area contributed by atoms with Gasteiger partial charge in [-0.1, -0.05) is 26.0 Å². The number of rotatable bonds is 2. The first kappa shape index (κ1) is 23.8. The Labute approximate surface area is 195 Å². The van der Waals surface area contributed by atoms with E-state index in [-0.39, 0.29) is 22.4 Å². The smallest absolute Gasteiger partial charge is 0.419 e. The van der Waals surface area contributed by atoms with Gasteiger partial charge >= 0.3 is 6.18 Å². The molecular formula is C26H26F3N3O2. The number of phenolic OH excluding ortho intramolecular Hbond substituents is 1. The van der Waals surface area contributed by atoms with Crippen molar-refractivity contribution in [3.63, 3.8) is 0 Å². The average molecular weight is 470 g/mol. The third-order valence-corrected chi connectivity index (χ3v) is 6.82. The van der Waals surface area contributed by atoms with Crippen molar-refractivity contribution in [3.8, 4) is 11.8 Å². The molecule has 1 heterocycles. The third-order valence-electron chi connectivity index (χ3n) is 6.82. The molecule has 5 nitrogen and oxygen atoms in total. The first-order valence-electron chi connectivity index (χ1n) is 10.9. The Morgan fingerprint density at radius 2 is 1.79 bits per heavy atom. The zero-order valence-electron chi connectivity index (χ0n) is 19.6. The van der Waals surface area contributed by atoms with Crippen LogP contribution in [0.1, 0.15) is 59.8 Å². The van der Waals surface area contributed by atoms with Crippen LogP contribution in [0.5, 0.6) is 5.75 Å². The Morgan fingerprint density at radius 1 is 1.12 bits per heavy atom. The van der Waals surface area contributed by atoms with Crippen molar-refractivity contribution in [2.45, 2.75) is 64.3 Å². The van der Waals surface area contributed by atoms with Gasteiger partial charge in [-0.2, -0.15) is 18.4 Å². The molecule has 0 radical (unpaired) electrons. The van der Waals surface area contributed by atoms with Crippen LogP contribution in [0.15, 0.2) is 30.3 Å². The van der Waals surface area contributed by atoms with E-state index in [1.807, 2.05) is 13.0 Å². The van der Waals surface area contributed by atoms with Crippen molar-refractivity contribution in [2.75, 3.05) is 5.32 Å². The second-order valence-corrected chi connectivity index (χ2v) is 9.83. The molecule has 3 N–H and O–H groups in total. The first-order chi connectivity index (χ1) is 15.7. The summed E-state index contributed by atoms with van der Waals surface area (Å²) in [6.07, 6.45) is -5.67. The molecule has 0 amide bonds. The first-order valence-corrected chi connectivity index (χ1v) is 10.9. The van der Waals surface area contributed by atoms with Gasteiger partial charge < -0.3 is 15.5 Å². The number of hydrogen-bond donors (Lipinski definition) is 3. The van der Waals surface area contributed by atoms with Gasteiger partial charge in [-0.25, -0.2) is 0 Å². The number of aliphatic hydroxyl groups is 1. The number of nitrogens with one attached hydrogen (secondary N) is 1. The molecule has 2 atom stereocenters. The second-order valence-electron chi connectivity index (χ2n) is 9.83. The fourth-order valence-corrected chi connectivity index (χ4v) is 5.24. The molecule has 1 aromatic heterocycles. The topological polar surface area (TPSA) is 89.2 Å². The van der Waals surface area contributed by atoms with Gasteiger partial charge in [0.25, 0.3) is 0 Å². The Morgan fingerprint density at radius 3 is 2.41 bits per heavy atom. The molecule has 2 unspecified atom stereocenters. The minimum atomic E-state index is -4.97. The Hall–Kier alpha value is -3.31. The van der Waals surface area contributed by atoms with Crippen LogP contribution >= 0.6 is 0 Å². The fourth-order valence-electron chi connectivity index (χ4n) is 5.24. The predicted octanol–water partition coefficient (Wildman–Crippen LogP) is 5.87. The molecule has 2 aromatic carbocycles. The number of fused-ring (bicyclic) bond motifs is 2. The van der Waals surface area contributed by atoms with Crippen LogP contribution in [0.3, 0.4) is 0 Å². The number of halogens is 3. The van der Waals surface area contributed by atoms with Crippen molar-refractivity contribution in [1.29, 1.82) is 5.26 Å². The number of benzene rings is 2. The van der Waals surface area contributed by atoms with E-state index in [9.17, 15) is 28.6 Å². The number of aromatic nitrogens is 1. The molecule has 3 aromatic rings. The van der Waals surface area contributed by atoms with Gasteiger partial charge in [-0.15, -0.1) is 0 Å². The minimum Gasteiger partial charge on any atom is -0.506 e. The van der Waals surface area contributed by atoms with E-state index in [1.165, 1.54) is 19.9 Å². The molecule has 34 heavy (non-hydrogen) atoms. The summed E-state index contributed by atoms with van der Waals surface area (Å²) in [5, 5.41) is 35.3. The maximum Gasteiger partial charge on any atom is 0.419 e. The molecule has 0 saturated heterocycles. The number of aromatic hydroxyl groups is 1. The monoisotopic (exact) mass is 469 g/mol. The molecule has 0 bridgehead atoms. The number of phenols is 1. The summed E-state index contributed by atoms with van der Waals surface area (Å²) in [6.45, 7) is 8.21. The van der Waals surface area contributed by atoms with Gasteiger partial charge in [0, 0.05) is 22.3 Å². The zero-order valence-corrected chi connectivity index (χ0v) is 19.6. The van der Waals surface area contributed by atoms with E-state index in [4.69, 9.17) is 0 Å². The molecule has 0 aliphatic heterocycles. The molecule has 8 heteroatoms. The molecular weight excluding hydrogens is 443 g/mol. The number of hydrogen-bond acceptors (Lipinski definition) is 5. The maximum atomic E-state index is 14.5. The van der Waals surface area contributed by atoms with Crippen LogP contribution in [0, 0.1) is 32.1 Å². The SMILES string of the molecule is Cc1ccc2c(NC3c4cc(C)c(C#N)c(O)c4C(C)(C)CC3(O)C(F)(F)F)c(C)ccc2n1. The van der Waals surface area contributed by atoms with Gasteiger partial charge in [0.2, 0.25) is 0 Å². The lowest BCUT2D eigenvalue weighted by atomic mass is 9.62. The van der Waals surface area contributed by atoms with E-state index in [0.29, 0.717) is 27.7 Å². The normalized spacial score (nSPS) is 21.7. The number of pyridine rings is 1. The number of alkyl halides is 3. The van der Waals surface area contributed by atoms with Crippen molar-refractivity contribution in [2.24, 2.45) is 0 Å². The summed E-state index contributed by atoms with van der Waals surface area (Å²) in [4.78, 5) is 4.47. The van der Waals surface area contributed by atoms with Crippen molar-refractivity contribution in [1.82, 2.24) is 4.98 Å². The van der Waals surface area contributed by atoms with Crippen molar-refractivity contribution < 1.29 is 23.4 Å². The summed E-state index contributed by atoms with van der Waals surface area (Å²) in [5.74, 6) is -0.342. The van der Waals surface area contributed by atoms with Gasteiger partial charge in [-0.05, 0) is 67.5 Å². The Kier molecular flexibility index (Phi) is 5.33. The van der Waals surface area contributed by atoms with Gasteiger partial charge in [-0.3, -0.25) is 4.98 Å². The summed E-state index contributed by atoms with van der Waals surface area (Å²) >= 11 is 0. The molecule has 4 rings (SSSR count). The number of aryl methyl sites for hydroxylation is 3. The van der Waals surface area contributed by atoms with Crippen LogP contribution in [0.4, 0.5) is 18.9 Å². The Bertz CT molecular complexity index is 1360. The highest BCUT2D eigenvalue weighted by Gasteiger charge is 2.64. The number of nitrogens with zero attached hydrogens (tertiary/aromatic N) is 2. The highest BCUT2D eigenvalue weighted by molar-refractivity contribution is 5.93. The lowest BCUT2D eigenvalue weighted by Crippen LogP contribution is -2.58. The molecule has 0 saturated carbocycles. The standard InChI is InChI=1S/C26H26F3N3O2/c1-13-6-9-19-16(8-7-15(3)31-19)21(13)32-23-17-10-14(2)18(11-30)22(33)20(17)24(4,5)12-25(23,34)26(27,28)29/h6-10,23,32-34H,12H2,1-5H3. The summed E-state index contributed by atoms with van der Waals surface area (Å²) in [5.41, 5.74) is -1.22. The largest absolute Gasteiger partial charge is 0.506 e. The summed E-state index contributed by atoms with van der Waals surface area (Å²) < 4.78 is 43.5. The second kappa shape index (κ2) is 7.60. The van der Waals surface area contributed by atoms with Gasteiger partial charge in [0.1, 0.15) is 11.8 Å². The lowest BCUT2D eigenvalue weighted by molar-refractivity contribution is -0.275. The predicted molar refractivity (Wildman–Crippen MR) is 124 cm³/mol. The highest BCUT2D eigenvalue weighted by Crippen LogP contribution is 2.57. The maximum absolute atomic E-state index is 14.5. The van der Waals surface area contributed by atoms with Crippen LogP contribution in [0.25, 0.3) is 10.9 Å². The molecule has 1 aliphatic rings. The molecule has 178 valence electrons. The van der Waals surface area contributed by atoms with E-state index < -0.39 is 29.7 Å². The van der Waals surface area contributed by atoms with E-state index in [2.05, 4.69) is 10.3 Å². The summed E-state index contributed by atoms with van der Waals surface area (Å²) in [7, 11) is 0. The fraction of sp³-hybridized carbons (Fsp3) is 0.385. The molecule has 0 fully saturated rings. The molecule has 1 aliphatic carbocycles. The average Bonchev–Trinajstić information content (AvgIpc) is 2.70. The number of nitriles is 1. The van der Waals surface area contributed by atoms with E-state index in [0.717, 1.165) is 5.69 Å². The highest BCUT2D eigenvalue weighted by atomic mass is 19.4. The van der Waals surface area contributed by atoms with Crippen molar-refractivity contribution in [3.05, 3.63) is 63.8 Å². The van der Waals surface area contributed by atoms with Crippen LogP contribution in [0.2, 0.25) is 0 Å². The van der Waals surface area contributed by atoms with E-state index in [1.54, 1.807) is 38.1 Å². The van der Waals surface area contributed by atoms with Gasteiger partial charge in [0.05, 0.1) is 17.1 Å². The van der Waals surface area contributed by atoms with Crippen molar-refractivity contribution >= 4 is 16.6 Å². The zero-order chi connectivity index (χ0) is 25.2. The van der Waals surface area contributed by atoms with E-state index >= 15 is 0 Å². The van der Waals surface area contributed by atoms with Gasteiger partial charge in [0.15, 0.2) is 5.60 Å². The van der Waals surface area contributed by atoms with Crippen LogP contribution in [-0.2, 0) is 5.41 Å². The number of anilines is 1. The minimum absolute atomic E-state index is 0.0176. The third kappa shape index (κ3) is 3.46. The summed E-state index contributed by atoms with van der Waals surface area (Å²) in [6, 6.07) is 8.90. The molecule has 0 spiro atoms. The van der Waals surface area contributed by atoms with Crippen LogP contribution in [-0.4, -0.2) is 27.0 Å². The van der Waals surface area contributed by atoms with Crippen LogP contribution < -0.4 is 5.32 Å².